The van der Waals surface area contributed by atoms with Gasteiger partial charge < -0.3 is 5.73 Å². The Labute approximate surface area is 146 Å². The van der Waals surface area contributed by atoms with Gasteiger partial charge >= 0.3 is 0 Å². The van der Waals surface area contributed by atoms with Crippen LogP contribution in [0.3, 0.4) is 0 Å². The predicted octanol–water partition coefficient (Wildman–Crippen LogP) is 4.50. The van der Waals surface area contributed by atoms with Gasteiger partial charge in [0.05, 0.1) is 15.5 Å². The van der Waals surface area contributed by atoms with E-state index in [1.165, 1.54) is 4.88 Å². The molecule has 0 saturated heterocycles. The van der Waals surface area contributed by atoms with Crippen LogP contribution in [0.1, 0.15) is 29.2 Å². The number of likely N-dealkylation sites (N-methyl/N-ethyl adjacent to an activating group) is 1. The number of halogens is 2. The van der Waals surface area contributed by atoms with Crippen molar-refractivity contribution in [3.63, 3.8) is 0 Å². The zero-order valence-corrected chi connectivity index (χ0v) is 16.1. The lowest BCUT2D eigenvalue weighted by molar-refractivity contribution is 0.204. The minimum absolute atomic E-state index is 0.213. The number of nitrogens with zero attached hydrogens (tertiary/aromatic N) is 2. The van der Waals surface area contributed by atoms with Gasteiger partial charge in [-0.2, -0.15) is 0 Å². The van der Waals surface area contributed by atoms with Crippen LogP contribution in [0.5, 0.6) is 0 Å². The smallest absolute Gasteiger partial charge is 0.0843 e. The number of aromatic nitrogens is 1. The molecule has 1 unspecified atom stereocenters. The molecule has 0 amide bonds. The number of hydrogen-bond donors (Lipinski definition) is 1. The molecule has 1 atom stereocenters. The number of aryl methyl sites for hydroxylation is 1. The van der Waals surface area contributed by atoms with Gasteiger partial charge in [-0.15, -0.1) is 11.3 Å². The molecule has 0 aliphatic heterocycles. The van der Waals surface area contributed by atoms with Gasteiger partial charge in [-0.3, -0.25) is 9.88 Å². The molecule has 2 aromatic heterocycles. The van der Waals surface area contributed by atoms with E-state index in [1.807, 2.05) is 13.0 Å². The number of hydrogen-bond acceptors (Lipinski definition) is 4. The molecule has 0 aliphatic rings. The minimum atomic E-state index is 0.213. The minimum Gasteiger partial charge on any atom is -0.329 e. The second-order valence-corrected chi connectivity index (χ2v) is 8.11. The monoisotopic (exact) mass is 431 g/mol. The van der Waals surface area contributed by atoms with Gasteiger partial charge in [0.25, 0.3) is 0 Å². The molecule has 0 aliphatic carbocycles. The molecule has 2 aromatic rings. The van der Waals surface area contributed by atoms with E-state index in [1.54, 1.807) is 11.3 Å². The van der Waals surface area contributed by atoms with Crippen molar-refractivity contribution >= 4 is 43.2 Å². The van der Waals surface area contributed by atoms with E-state index in [9.17, 15) is 0 Å². The van der Waals surface area contributed by atoms with Gasteiger partial charge in [-0.25, -0.2) is 0 Å². The van der Waals surface area contributed by atoms with E-state index < -0.39 is 0 Å². The number of thiophene rings is 1. The van der Waals surface area contributed by atoms with Crippen molar-refractivity contribution in [3.8, 4) is 0 Å². The van der Waals surface area contributed by atoms with Gasteiger partial charge in [0.1, 0.15) is 0 Å². The molecule has 0 spiro atoms. The van der Waals surface area contributed by atoms with Gasteiger partial charge in [0, 0.05) is 28.1 Å². The van der Waals surface area contributed by atoms with Crippen LogP contribution in [0.2, 0.25) is 0 Å². The normalized spacial score (nSPS) is 12.9. The molecular weight excluding hydrogens is 414 g/mol. The van der Waals surface area contributed by atoms with Crippen molar-refractivity contribution in [2.24, 2.45) is 5.73 Å². The number of pyridine rings is 1. The first-order valence-electron chi connectivity index (χ1n) is 6.86. The van der Waals surface area contributed by atoms with Crippen molar-refractivity contribution in [1.29, 1.82) is 0 Å². The summed E-state index contributed by atoms with van der Waals surface area (Å²) in [5.41, 5.74) is 8.18. The maximum atomic E-state index is 6.04. The Morgan fingerprint density at radius 1 is 1.38 bits per heavy atom. The van der Waals surface area contributed by atoms with Crippen LogP contribution in [-0.4, -0.2) is 23.0 Å². The Balaban J connectivity index is 2.21. The summed E-state index contributed by atoms with van der Waals surface area (Å²) >= 11 is 8.85. The van der Waals surface area contributed by atoms with E-state index in [0.717, 1.165) is 32.7 Å². The lowest BCUT2D eigenvalue weighted by Crippen LogP contribution is -2.33. The van der Waals surface area contributed by atoms with E-state index in [4.69, 9.17) is 5.73 Å². The van der Waals surface area contributed by atoms with Gasteiger partial charge in [-0.1, -0.05) is 13.0 Å². The van der Waals surface area contributed by atoms with Crippen LogP contribution in [-0.2, 0) is 6.54 Å². The lowest BCUT2D eigenvalue weighted by atomic mass is 10.2. The van der Waals surface area contributed by atoms with Gasteiger partial charge in [-0.05, 0) is 63.5 Å². The highest BCUT2D eigenvalue weighted by molar-refractivity contribution is 9.13. The summed E-state index contributed by atoms with van der Waals surface area (Å²) in [4.78, 5) is 8.23. The third-order valence-electron chi connectivity index (χ3n) is 3.37. The molecule has 2 rings (SSSR count). The van der Waals surface area contributed by atoms with Gasteiger partial charge in [0.2, 0.25) is 0 Å². The molecule has 2 N–H and O–H groups in total. The standard InChI is InChI=1S/C15H19Br2N3S/c1-3-20(9-11-6-4-5-10(2)19-11)13(8-18)14-7-12(16)15(17)21-14/h4-7,13H,3,8-9,18H2,1-2H3. The Hall–Kier alpha value is -0.270. The van der Waals surface area contributed by atoms with E-state index in [-0.39, 0.29) is 6.04 Å². The van der Waals surface area contributed by atoms with Crippen molar-refractivity contribution in [2.75, 3.05) is 13.1 Å². The molecule has 0 saturated carbocycles. The Morgan fingerprint density at radius 3 is 2.67 bits per heavy atom. The number of rotatable bonds is 6. The number of nitrogens with two attached hydrogens (primary N) is 1. The quantitative estimate of drug-likeness (QED) is 0.730. The van der Waals surface area contributed by atoms with Gasteiger partial charge in [0.15, 0.2) is 0 Å². The highest BCUT2D eigenvalue weighted by Crippen LogP contribution is 2.37. The summed E-state index contributed by atoms with van der Waals surface area (Å²) in [6, 6.07) is 8.52. The van der Waals surface area contributed by atoms with E-state index in [0.29, 0.717) is 6.54 Å². The van der Waals surface area contributed by atoms with Crippen molar-refractivity contribution in [1.82, 2.24) is 9.88 Å². The third kappa shape index (κ3) is 4.36. The summed E-state index contributed by atoms with van der Waals surface area (Å²) in [6.07, 6.45) is 0. The molecule has 21 heavy (non-hydrogen) atoms. The van der Waals surface area contributed by atoms with Crippen molar-refractivity contribution in [3.05, 3.63) is 48.8 Å². The highest BCUT2D eigenvalue weighted by Gasteiger charge is 2.21. The zero-order chi connectivity index (χ0) is 15.4. The van der Waals surface area contributed by atoms with Crippen LogP contribution in [0.15, 0.2) is 32.5 Å². The Bertz CT molecular complexity index is 581. The molecule has 3 nitrogen and oxygen atoms in total. The first-order valence-corrected chi connectivity index (χ1v) is 9.26. The summed E-state index contributed by atoms with van der Waals surface area (Å²) in [5, 5.41) is 0. The zero-order valence-electron chi connectivity index (χ0n) is 12.1. The lowest BCUT2D eigenvalue weighted by Gasteiger charge is -2.28. The Kier molecular flexibility index (Phi) is 6.37. The second kappa shape index (κ2) is 7.83. The molecule has 2 heterocycles. The topological polar surface area (TPSA) is 42.2 Å². The second-order valence-electron chi connectivity index (χ2n) is 4.86. The molecular formula is C15H19Br2N3S. The molecule has 0 fully saturated rings. The molecule has 0 aromatic carbocycles. The summed E-state index contributed by atoms with van der Waals surface area (Å²) in [6.45, 7) is 6.53. The maximum absolute atomic E-state index is 6.04. The summed E-state index contributed by atoms with van der Waals surface area (Å²) in [5.74, 6) is 0. The van der Waals surface area contributed by atoms with Crippen molar-refractivity contribution in [2.45, 2.75) is 26.4 Å². The summed E-state index contributed by atoms with van der Waals surface area (Å²) in [7, 11) is 0. The average molecular weight is 433 g/mol. The van der Waals surface area contributed by atoms with Crippen LogP contribution in [0.4, 0.5) is 0 Å². The first kappa shape index (κ1) is 17.1. The average Bonchev–Trinajstić information content (AvgIpc) is 2.78. The van der Waals surface area contributed by atoms with Crippen LogP contribution in [0, 0.1) is 6.92 Å². The fourth-order valence-electron chi connectivity index (χ4n) is 2.31. The largest absolute Gasteiger partial charge is 0.329 e. The molecule has 6 heteroatoms. The van der Waals surface area contributed by atoms with E-state index in [2.05, 4.69) is 66.9 Å². The third-order valence-corrected chi connectivity index (χ3v) is 6.73. The molecule has 0 radical (unpaired) electrons. The Morgan fingerprint density at radius 2 is 2.14 bits per heavy atom. The van der Waals surface area contributed by atoms with Crippen molar-refractivity contribution < 1.29 is 0 Å². The molecule has 114 valence electrons. The summed E-state index contributed by atoms with van der Waals surface area (Å²) < 4.78 is 2.20. The van der Waals surface area contributed by atoms with E-state index >= 15 is 0 Å². The van der Waals surface area contributed by atoms with Crippen LogP contribution in [0.25, 0.3) is 0 Å². The van der Waals surface area contributed by atoms with Crippen LogP contribution < -0.4 is 5.73 Å². The SMILES string of the molecule is CCN(Cc1cccc(C)n1)C(CN)c1cc(Br)c(Br)s1. The van der Waals surface area contributed by atoms with Crippen LogP contribution >= 0.6 is 43.2 Å². The predicted molar refractivity (Wildman–Crippen MR) is 96.6 cm³/mol. The fourth-order valence-corrected chi connectivity index (χ4v) is 4.55. The first-order chi connectivity index (χ1) is 10.0. The fraction of sp³-hybridized carbons (Fsp3) is 0.400. The molecule has 0 bridgehead atoms. The maximum Gasteiger partial charge on any atom is 0.0843 e. The highest BCUT2D eigenvalue weighted by atomic mass is 79.9.